The smallest absolute Gasteiger partial charge is 0.0726 e. The molecule has 12 aromatic rings. The molecule has 2 aliphatic rings. The van der Waals surface area contributed by atoms with Gasteiger partial charge in [0.05, 0.1) is 16.4 Å². The Hall–Kier alpha value is -8.98. The van der Waals surface area contributed by atoms with Crippen molar-refractivity contribution in [2.45, 2.75) is 80.6 Å². The highest BCUT2D eigenvalue weighted by atomic mass is 15.1. The predicted octanol–water partition coefficient (Wildman–Crippen LogP) is 22.8. The van der Waals surface area contributed by atoms with Gasteiger partial charge >= 0.3 is 0 Å². The molecule has 2 nitrogen and oxygen atoms in total. The third-order valence-corrected chi connectivity index (χ3v) is 20.6. The van der Waals surface area contributed by atoms with E-state index in [1.165, 1.54) is 105 Å². The Morgan fingerprint density at radius 1 is 0.310 bits per heavy atom. The highest BCUT2D eigenvalue weighted by Gasteiger charge is 2.53. The predicted molar refractivity (Wildman–Crippen MR) is 357 cm³/mol. The summed E-state index contributed by atoms with van der Waals surface area (Å²) in [4.78, 5) is 2.46. The standard InChI is InChI=1S/C82H74N2/c1-78(2,3)80(7,8)77(81(9,10)79(4,5)6)58-35-33-56(34-36-58)60-41-48-67-65-27-17-20-30-71(65)82(73(67)52-60)72-31-21-18-28-66(72)68-49-47-64(53-74(68)82)83(62-43-37-55(38-44-62)54-23-13-11-14-24-54)63-45-39-57(40-46-63)59-42-50-76-70(51-59)69-29-19-22-32-75(69)84(76)61-25-15-12-16-26-61/h11-53,77H,1-10H3. The number of fused-ring (bicyclic) bond motifs is 13. The fraction of sp³-hybridized carbons (Fsp3) is 0.195. The molecule has 0 bridgehead atoms. The molecule has 1 atom stereocenters. The van der Waals surface area contributed by atoms with Gasteiger partial charge in [0.1, 0.15) is 0 Å². The third-order valence-electron chi connectivity index (χ3n) is 20.6. The molecule has 11 aromatic carbocycles. The van der Waals surface area contributed by atoms with Crippen molar-refractivity contribution in [3.8, 4) is 61.3 Å². The number of rotatable bonds is 10. The molecule has 84 heavy (non-hydrogen) atoms. The molecule has 2 heteroatoms. The maximum atomic E-state index is 2.54. The van der Waals surface area contributed by atoms with Crippen LogP contribution in [-0.4, -0.2) is 4.57 Å². The van der Waals surface area contributed by atoms with Crippen molar-refractivity contribution in [1.29, 1.82) is 0 Å². The van der Waals surface area contributed by atoms with Gasteiger partial charge in [0.2, 0.25) is 0 Å². The first-order valence-electron chi connectivity index (χ1n) is 30.2. The molecule has 1 spiro atoms. The minimum Gasteiger partial charge on any atom is -0.310 e. The van der Waals surface area contributed by atoms with Gasteiger partial charge < -0.3 is 9.47 Å². The van der Waals surface area contributed by atoms with Gasteiger partial charge in [-0.3, -0.25) is 0 Å². The second-order valence-electron chi connectivity index (χ2n) is 27.0. The van der Waals surface area contributed by atoms with E-state index < -0.39 is 5.41 Å². The Balaban J connectivity index is 0.906. The maximum absolute atomic E-state index is 2.54. The van der Waals surface area contributed by atoms with E-state index in [-0.39, 0.29) is 21.7 Å². The van der Waals surface area contributed by atoms with Crippen LogP contribution in [-0.2, 0) is 5.41 Å². The quantitative estimate of drug-likeness (QED) is 0.132. The second-order valence-corrected chi connectivity index (χ2v) is 27.0. The molecular formula is C82H74N2. The summed E-state index contributed by atoms with van der Waals surface area (Å²) in [5, 5.41) is 2.49. The fourth-order valence-corrected chi connectivity index (χ4v) is 14.6. The first kappa shape index (κ1) is 53.1. The Bertz CT molecular complexity index is 4430. The molecule has 0 fully saturated rings. The molecule has 14 rings (SSSR count). The van der Waals surface area contributed by atoms with Crippen molar-refractivity contribution in [3.63, 3.8) is 0 Å². The minimum absolute atomic E-state index is 0.0205. The Kier molecular flexibility index (Phi) is 12.4. The Morgan fingerprint density at radius 3 is 1.30 bits per heavy atom. The summed E-state index contributed by atoms with van der Waals surface area (Å²) in [6.45, 7) is 24.5. The molecule has 2 aliphatic carbocycles. The molecule has 0 aliphatic heterocycles. The van der Waals surface area contributed by atoms with Crippen molar-refractivity contribution in [3.05, 3.63) is 289 Å². The average Bonchev–Trinajstić information content (AvgIpc) is 1.53. The second kappa shape index (κ2) is 19.6. The molecule has 412 valence electrons. The third kappa shape index (κ3) is 8.19. The van der Waals surface area contributed by atoms with Crippen LogP contribution in [0.2, 0.25) is 0 Å². The van der Waals surface area contributed by atoms with E-state index >= 15 is 0 Å². The number of nitrogens with zero attached hydrogens (tertiary/aromatic N) is 2. The Morgan fingerprint density at radius 2 is 0.714 bits per heavy atom. The number of hydrogen-bond donors (Lipinski definition) is 0. The van der Waals surface area contributed by atoms with Crippen LogP contribution in [0.3, 0.4) is 0 Å². The molecule has 1 heterocycles. The lowest BCUT2D eigenvalue weighted by atomic mass is 9.48. The summed E-state index contributed by atoms with van der Waals surface area (Å²) >= 11 is 0. The SMILES string of the molecule is CC(C)(C)C(C)(C)C(c1ccc(-c2ccc3c(c2)C2(c4ccccc4-3)c3ccccc3-c3ccc(N(c4ccc(-c5ccccc5)cc4)c4ccc(-c5ccc6c(c5)c5ccccc5n6-c5ccccc5)cc4)cc32)cc1)C(C)(C)C(C)(C)C. The van der Waals surface area contributed by atoms with Gasteiger partial charge in [-0.2, -0.15) is 0 Å². The number of hydrogen-bond acceptors (Lipinski definition) is 1. The van der Waals surface area contributed by atoms with E-state index in [1.54, 1.807) is 0 Å². The lowest BCUT2D eigenvalue weighted by Gasteiger charge is -2.56. The van der Waals surface area contributed by atoms with Gasteiger partial charge in [-0.05, 0) is 184 Å². The zero-order valence-corrected chi connectivity index (χ0v) is 50.3. The van der Waals surface area contributed by atoms with Crippen LogP contribution in [0.4, 0.5) is 17.1 Å². The zero-order valence-electron chi connectivity index (χ0n) is 50.3. The van der Waals surface area contributed by atoms with Crippen molar-refractivity contribution < 1.29 is 0 Å². The molecule has 0 radical (unpaired) electrons. The van der Waals surface area contributed by atoms with E-state index in [0.717, 1.165) is 22.7 Å². The maximum Gasteiger partial charge on any atom is 0.0726 e. The number of anilines is 3. The summed E-state index contributed by atoms with van der Waals surface area (Å²) in [6.07, 6.45) is 0. The van der Waals surface area contributed by atoms with Crippen LogP contribution in [0.1, 0.15) is 103 Å². The first-order valence-corrected chi connectivity index (χ1v) is 30.2. The normalized spacial score (nSPS) is 14.7. The summed E-state index contributed by atoms with van der Waals surface area (Å²) in [5.74, 6) is 0.326. The number of para-hydroxylation sites is 2. The number of aromatic nitrogens is 1. The van der Waals surface area contributed by atoms with Gasteiger partial charge in [0.25, 0.3) is 0 Å². The highest BCUT2D eigenvalue weighted by molar-refractivity contribution is 6.10. The van der Waals surface area contributed by atoms with Crippen molar-refractivity contribution in [2.75, 3.05) is 4.90 Å². The summed E-state index contributed by atoms with van der Waals surface area (Å²) < 4.78 is 2.39. The van der Waals surface area contributed by atoms with E-state index in [9.17, 15) is 0 Å². The molecule has 1 aromatic heterocycles. The molecule has 0 N–H and O–H groups in total. The van der Waals surface area contributed by atoms with E-state index in [4.69, 9.17) is 0 Å². The number of benzene rings is 11. The van der Waals surface area contributed by atoms with Gasteiger partial charge in [-0.1, -0.05) is 257 Å². The van der Waals surface area contributed by atoms with Crippen LogP contribution >= 0.6 is 0 Å². The van der Waals surface area contributed by atoms with Crippen LogP contribution in [0.25, 0.3) is 83.1 Å². The molecule has 0 saturated heterocycles. The monoisotopic (exact) mass is 1090 g/mol. The summed E-state index contributed by atoms with van der Waals surface area (Å²) in [7, 11) is 0. The highest BCUT2D eigenvalue weighted by Crippen LogP contribution is 2.65. The fourth-order valence-electron chi connectivity index (χ4n) is 14.6. The van der Waals surface area contributed by atoms with Crippen molar-refractivity contribution >= 4 is 38.9 Å². The minimum atomic E-state index is -0.558. The summed E-state index contributed by atoms with van der Waals surface area (Å²) in [6, 6.07) is 98.1. The van der Waals surface area contributed by atoms with Gasteiger partial charge in [0, 0.05) is 33.5 Å². The van der Waals surface area contributed by atoms with Gasteiger partial charge in [0.15, 0.2) is 0 Å². The van der Waals surface area contributed by atoms with E-state index in [1.807, 2.05) is 0 Å². The molecule has 1 unspecified atom stereocenters. The zero-order chi connectivity index (χ0) is 57.9. The van der Waals surface area contributed by atoms with Crippen molar-refractivity contribution in [2.24, 2.45) is 21.7 Å². The van der Waals surface area contributed by atoms with E-state index in [2.05, 4.69) is 340 Å². The van der Waals surface area contributed by atoms with Crippen LogP contribution < -0.4 is 4.90 Å². The van der Waals surface area contributed by atoms with Crippen LogP contribution in [0, 0.1) is 21.7 Å². The molecule has 0 amide bonds. The van der Waals surface area contributed by atoms with Crippen molar-refractivity contribution in [1.82, 2.24) is 4.57 Å². The van der Waals surface area contributed by atoms with E-state index in [0.29, 0.717) is 5.92 Å². The topological polar surface area (TPSA) is 8.17 Å². The van der Waals surface area contributed by atoms with Gasteiger partial charge in [-0.25, -0.2) is 0 Å². The lowest BCUT2D eigenvalue weighted by molar-refractivity contribution is -0.0215. The lowest BCUT2D eigenvalue weighted by Crippen LogP contribution is -2.47. The van der Waals surface area contributed by atoms with Crippen LogP contribution in [0.15, 0.2) is 261 Å². The average molecular weight is 1090 g/mol. The largest absolute Gasteiger partial charge is 0.310 e. The first-order chi connectivity index (χ1) is 40.4. The molecule has 0 saturated carbocycles. The van der Waals surface area contributed by atoms with Gasteiger partial charge in [-0.15, -0.1) is 0 Å². The Labute approximate surface area is 497 Å². The van der Waals surface area contributed by atoms with Crippen LogP contribution in [0.5, 0.6) is 0 Å². The molecular weight excluding hydrogens is 1010 g/mol. The summed E-state index contributed by atoms with van der Waals surface area (Å²) in [5.41, 5.74) is 25.6.